The topological polar surface area (TPSA) is 52.6 Å². The molecule has 0 radical (unpaired) electrons. The van der Waals surface area contributed by atoms with Crippen molar-refractivity contribution in [2.75, 3.05) is 0 Å². The summed E-state index contributed by atoms with van der Waals surface area (Å²) in [4.78, 5) is 23.6. The smallest absolute Gasteiger partial charge is 0.333 e. The quantitative estimate of drug-likeness (QED) is 0.566. The number of ether oxygens (including phenoxy) is 2. The summed E-state index contributed by atoms with van der Waals surface area (Å²) in [6.07, 6.45) is 2.20. The van der Waals surface area contributed by atoms with Gasteiger partial charge in [0, 0.05) is 17.4 Å². The fraction of sp³-hybridized carbons (Fsp3) is 0.714. The molecule has 0 amide bonds. The molecule has 0 spiro atoms. The number of hydrogen-bond donors (Lipinski definition) is 0. The summed E-state index contributed by atoms with van der Waals surface area (Å²) in [6.45, 7) is 7.25. The molecular formula is C14H18O4. The van der Waals surface area contributed by atoms with E-state index >= 15 is 0 Å². The maximum atomic E-state index is 11.8. The predicted molar refractivity (Wildman–Crippen MR) is 63.5 cm³/mol. The minimum absolute atomic E-state index is 0.0446. The minimum atomic E-state index is -0.608. The van der Waals surface area contributed by atoms with Crippen molar-refractivity contribution in [1.82, 2.24) is 0 Å². The first-order valence-electron chi connectivity index (χ1n) is 6.59. The predicted octanol–water partition coefficient (Wildman–Crippen LogP) is 1.84. The molecule has 2 saturated carbocycles. The van der Waals surface area contributed by atoms with Gasteiger partial charge in [-0.2, -0.15) is 0 Å². The lowest BCUT2D eigenvalue weighted by Gasteiger charge is -2.38. The van der Waals surface area contributed by atoms with Gasteiger partial charge in [0.1, 0.15) is 6.10 Å². The van der Waals surface area contributed by atoms with Crippen LogP contribution in [0.5, 0.6) is 0 Å². The Bertz CT molecular complexity index is 441. The van der Waals surface area contributed by atoms with E-state index in [4.69, 9.17) is 9.47 Å². The molecule has 18 heavy (non-hydrogen) atoms. The van der Waals surface area contributed by atoms with Gasteiger partial charge >= 0.3 is 11.9 Å². The van der Waals surface area contributed by atoms with Gasteiger partial charge in [-0.15, -0.1) is 0 Å². The number of carbonyl (C=O) groups is 2. The van der Waals surface area contributed by atoms with Gasteiger partial charge in [0.05, 0.1) is 5.92 Å². The highest BCUT2D eigenvalue weighted by atomic mass is 16.6. The lowest BCUT2D eigenvalue weighted by atomic mass is 9.77. The van der Waals surface area contributed by atoms with Gasteiger partial charge in [-0.1, -0.05) is 13.5 Å². The molecule has 4 nitrogen and oxygen atoms in total. The molecule has 0 aromatic carbocycles. The molecule has 3 aliphatic rings. The van der Waals surface area contributed by atoms with Crippen LogP contribution in [0.4, 0.5) is 0 Å². The molecule has 4 heteroatoms. The highest BCUT2D eigenvalue weighted by Crippen LogP contribution is 2.61. The number of rotatable bonds is 3. The zero-order valence-electron chi connectivity index (χ0n) is 10.8. The summed E-state index contributed by atoms with van der Waals surface area (Å²) in [5.41, 5.74) is -0.213. The molecular weight excluding hydrogens is 232 g/mol. The molecule has 2 aliphatic carbocycles. The van der Waals surface area contributed by atoms with Crippen LogP contribution < -0.4 is 0 Å². The normalized spacial score (nSPS) is 44.0. The number of esters is 2. The van der Waals surface area contributed by atoms with E-state index in [9.17, 15) is 9.59 Å². The van der Waals surface area contributed by atoms with Crippen molar-refractivity contribution >= 4 is 11.9 Å². The first-order chi connectivity index (χ1) is 8.49. The summed E-state index contributed by atoms with van der Waals surface area (Å²) < 4.78 is 11.2. The molecule has 0 aromatic rings. The summed E-state index contributed by atoms with van der Waals surface area (Å²) in [6, 6.07) is 0. The van der Waals surface area contributed by atoms with Crippen molar-refractivity contribution in [2.45, 2.75) is 44.8 Å². The molecule has 0 aromatic heterocycles. The van der Waals surface area contributed by atoms with Crippen LogP contribution >= 0.6 is 0 Å². The van der Waals surface area contributed by atoms with E-state index in [0.29, 0.717) is 12.0 Å². The van der Waals surface area contributed by atoms with Gasteiger partial charge in [-0.25, -0.2) is 4.79 Å². The standard InChI is InChI=1S/C14H18O4/c1-4-14(18-12(15)7(2)3)8-5-9-10(6-8)13(16)17-11(9)14/h8-11H,2,4-6H2,1,3H3. The fourth-order valence-corrected chi connectivity index (χ4v) is 4.03. The van der Waals surface area contributed by atoms with Gasteiger partial charge in [0.15, 0.2) is 5.60 Å². The van der Waals surface area contributed by atoms with Crippen LogP contribution in [0.3, 0.4) is 0 Å². The van der Waals surface area contributed by atoms with E-state index in [-0.39, 0.29) is 35.8 Å². The third kappa shape index (κ3) is 1.26. The molecule has 1 heterocycles. The minimum Gasteiger partial charge on any atom is -0.458 e. The maximum absolute atomic E-state index is 11.8. The van der Waals surface area contributed by atoms with Crippen LogP contribution in [0, 0.1) is 17.8 Å². The lowest BCUT2D eigenvalue weighted by molar-refractivity contribution is -0.179. The Kier molecular flexibility index (Phi) is 2.34. The molecule has 0 N–H and O–H groups in total. The van der Waals surface area contributed by atoms with Gasteiger partial charge in [0.25, 0.3) is 0 Å². The second kappa shape index (κ2) is 3.59. The molecule has 5 unspecified atom stereocenters. The van der Waals surface area contributed by atoms with E-state index < -0.39 is 5.60 Å². The van der Waals surface area contributed by atoms with Crippen molar-refractivity contribution in [2.24, 2.45) is 17.8 Å². The van der Waals surface area contributed by atoms with Gasteiger partial charge < -0.3 is 9.47 Å². The molecule has 3 rings (SSSR count). The lowest BCUT2D eigenvalue weighted by Crippen LogP contribution is -2.50. The fourth-order valence-electron chi connectivity index (χ4n) is 4.03. The third-order valence-corrected chi connectivity index (χ3v) is 4.90. The maximum Gasteiger partial charge on any atom is 0.333 e. The number of fused-ring (bicyclic) bond motifs is 1. The zero-order chi connectivity index (χ0) is 13.1. The van der Waals surface area contributed by atoms with E-state index in [0.717, 1.165) is 12.8 Å². The molecule has 1 aliphatic heterocycles. The Labute approximate surface area is 106 Å². The third-order valence-electron chi connectivity index (χ3n) is 4.90. The average Bonchev–Trinajstić information content (AvgIpc) is 2.92. The van der Waals surface area contributed by atoms with Crippen molar-refractivity contribution in [3.05, 3.63) is 12.2 Å². The molecule has 5 atom stereocenters. The average molecular weight is 250 g/mol. The van der Waals surface area contributed by atoms with Crippen molar-refractivity contribution in [3.63, 3.8) is 0 Å². The van der Waals surface area contributed by atoms with E-state index in [1.807, 2.05) is 6.92 Å². The monoisotopic (exact) mass is 250 g/mol. The Balaban J connectivity index is 1.92. The molecule has 1 saturated heterocycles. The molecule has 2 bridgehead atoms. The summed E-state index contributed by atoms with van der Waals surface area (Å²) in [5, 5.41) is 0. The van der Waals surface area contributed by atoms with Gasteiger partial charge in [0.2, 0.25) is 0 Å². The Hall–Kier alpha value is -1.32. The first kappa shape index (κ1) is 11.8. The number of hydrogen-bond acceptors (Lipinski definition) is 4. The summed E-state index contributed by atoms with van der Waals surface area (Å²) in [5.74, 6) is 0.0823. The SMILES string of the molecule is C=C(C)C(=O)OC1(CC)C2CC3C(=O)OC1C3C2. The highest BCUT2D eigenvalue weighted by molar-refractivity contribution is 5.87. The first-order valence-corrected chi connectivity index (χ1v) is 6.59. The second-order valence-corrected chi connectivity index (χ2v) is 5.77. The Morgan fingerprint density at radius 1 is 1.56 bits per heavy atom. The van der Waals surface area contributed by atoms with Crippen LogP contribution in [0.1, 0.15) is 33.1 Å². The van der Waals surface area contributed by atoms with Crippen LogP contribution in [-0.2, 0) is 19.1 Å². The van der Waals surface area contributed by atoms with Crippen LogP contribution in [0.25, 0.3) is 0 Å². The Morgan fingerprint density at radius 2 is 2.28 bits per heavy atom. The largest absolute Gasteiger partial charge is 0.458 e. The van der Waals surface area contributed by atoms with Gasteiger partial charge in [-0.3, -0.25) is 4.79 Å². The van der Waals surface area contributed by atoms with Gasteiger partial charge in [-0.05, 0) is 26.2 Å². The zero-order valence-corrected chi connectivity index (χ0v) is 10.8. The summed E-state index contributed by atoms with van der Waals surface area (Å²) in [7, 11) is 0. The van der Waals surface area contributed by atoms with Crippen LogP contribution in [0.2, 0.25) is 0 Å². The second-order valence-electron chi connectivity index (χ2n) is 5.77. The van der Waals surface area contributed by atoms with Crippen molar-refractivity contribution in [3.8, 4) is 0 Å². The van der Waals surface area contributed by atoms with E-state index in [1.54, 1.807) is 6.92 Å². The van der Waals surface area contributed by atoms with E-state index in [1.165, 1.54) is 0 Å². The molecule has 98 valence electrons. The highest BCUT2D eigenvalue weighted by Gasteiger charge is 2.70. The Morgan fingerprint density at radius 3 is 2.89 bits per heavy atom. The van der Waals surface area contributed by atoms with Crippen molar-refractivity contribution in [1.29, 1.82) is 0 Å². The van der Waals surface area contributed by atoms with E-state index in [2.05, 4.69) is 6.58 Å². The molecule has 3 fully saturated rings. The van der Waals surface area contributed by atoms with Crippen LogP contribution in [-0.4, -0.2) is 23.6 Å². The van der Waals surface area contributed by atoms with Crippen LogP contribution in [0.15, 0.2) is 12.2 Å². The summed E-state index contributed by atoms with van der Waals surface area (Å²) >= 11 is 0. The van der Waals surface area contributed by atoms with Crippen molar-refractivity contribution < 1.29 is 19.1 Å². The number of carbonyl (C=O) groups excluding carboxylic acids is 2.